The molecule has 1 saturated carbocycles. The molecule has 0 atom stereocenters. The van der Waals surface area contributed by atoms with Gasteiger partial charge in [0.25, 0.3) is 0 Å². The summed E-state index contributed by atoms with van der Waals surface area (Å²) < 4.78 is 32.3. The normalized spacial score (nSPS) is 15.7. The summed E-state index contributed by atoms with van der Waals surface area (Å²) in [5, 5.41) is 5.29. The fourth-order valence-electron chi connectivity index (χ4n) is 1.73. The molecule has 0 radical (unpaired) electrons. The molecule has 114 valence electrons. The maximum absolute atomic E-state index is 12.1. The molecule has 0 amide bonds. The van der Waals surface area contributed by atoms with Crippen LogP contribution in [0.4, 0.5) is 0 Å². The van der Waals surface area contributed by atoms with Crippen molar-refractivity contribution < 1.29 is 13.2 Å². The van der Waals surface area contributed by atoms with Crippen LogP contribution in [0.5, 0.6) is 0 Å². The van der Waals surface area contributed by atoms with E-state index in [1.165, 1.54) is 24.2 Å². The van der Waals surface area contributed by atoms with Gasteiger partial charge in [-0.1, -0.05) is 0 Å². The van der Waals surface area contributed by atoms with Crippen molar-refractivity contribution in [3.05, 3.63) is 17.0 Å². The van der Waals surface area contributed by atoms with E-state index in [0.29, 0.717) is 36.4 Å². The first-order valence-corrected chi connectivity index (χ1v) is 9.36. The van der Waals surface area contributed by atoms with Crippen molar-refractivity contribution in [1.29, 1.82) is 0 Å². The smallest absolute Gasteiger partial charge is 0.250 e. The molecule has 2 rings (SSSR count). The number of hydrogen-bond donors (Lipinski definition) is 2. The third kappa shape index (κ3) is 5.14. The van der Waals surface area contributed by atoms with Crippen LogP contribution < -0.4 is 10.0 Å². The molecule has 7 heteroatoms. The van der Waals surface area contributed by atoms with Crippen LogP contribution in [0.15, 0.2) is 15.7 Å². The first-order chi connectivity index (χ1) is 9.62. The molecule has 1 heterocycles. The summed E-state index contributed by atoms with van der Waals surface area (Å²) in [6, 6.07) is 2.39. The van der Waals surface area contributed by atoms with Gasteiger partial charge in [-0.05, 0) is 43.2 Å². The zero-order valence-corrected chi connectivity index (χ0v) is 13.4. The minimum atomic E-state index is -3.36. The molecule has 0 saturated heterocycles. The second kappa shape index (κ2) is 7.51. The quantitative estimate of drug-likeness (QED) is 0.645. The molecule has 1 aliphatic carbocycles. The zero-order valence-electron chi connectivity index (χ0n) is 11.7. The van der Waals surface area contributed by atoms with E-state index in [1.54, 1.807) is 6.07 Å². The number of ether oxygens (including phenoxy) is 1. The lowest BCUT2D eigenvalue weighted by Gasteiger charge is -2.04. The minimum absolute atomic E-state index is 0.390. The van der Waals surface area contributed by atoms with Gasteiger partial charge < -0.3 is 10.1 Å². The van der Waals surface area contributed by atoms with Crippen LogP contribution in [0.3, 0.4) is 0 Å². The standard InChI is InChI=1S/C13H22N2O3S2/c1-2-18-7-3-6-15-20(16,17)13-8-11(10-19-13)9-14-12-4-5-12/h8,10,12,14-15H,2-7,9H2,1H3. The van der Waals surface area contributed by atoms with E-state index in [9.17, 15) is 8.42 Å². The highest BCUT2D eigenvalue weighted by atomic mass is 32.2. The Bertz CT molecular complexity index is 509. The number of rotatable bonds is 10. The molecule has 0 bridgehead atoms. The maximum Gasteiger partial charge on any atom is 0.250 e. The van der Waals surface area contributed by atoms with Crippen LogP contribution in [0.25, 0.3) is 0 Å². The average molecular weight is 318 g/mol. The number of thiophene rings is 1. The van der Waals surface area contributed by atoms with Crippen LogP contribution in [0.2, 0.25) is 0 Å². The Labute approximate surface area is 124 Å². The van der Waals surface area contributed by atoms with Gasteiger partial charge in [0.05, 0.1) is 0 Å². The van der Waals surface area contributed by atoms with Gasteiger partial charge in [-0.3, -0.25) is 0 Å². The highest BCUT2D eigenvalue weighted by Crippen LogP contribution is 2.22. The summed E-state index contributed by atoms with van der Waals surface area (Å²) in [5.41, 5.74) is 1.04. The summed E-state index contributed by atoms with van der Waals surface area (Å²) in [5.74, 6) is 0. The van der Waals surface area contributed by atoms with Crippen LogP contribution >= 0.6 is 11.3 Å². The Hall–Kier alpha value is -0.470. The first kappa shape index (κ1) is 15.9. The molecular formula is C13H22N2O3S2. The fourth-order valence-corrected chi connectivity index (χ4v) is 4.06. The lowest BCUT2D eigenvalue weighted by atomic mass is 10.3. The predicted octanol–water partition coefficient (Wildman–Crippen LogP) is 1.71. The third-order valence-electron chi connectivity index (χ3n) is 3.03. The predicted molar refractivity (Wildman–Crippen MR) is 80.5 cm³/mol. The van der Waals surface area contributed by atoms with E-state index in [4.69, 9.17) is 4.74 Å². The maximum atomic E-state index is 12.1. The van der Waals surface area contributed by atoms with E-state index in [2.05, 4.69) is 10.0 Å². The van der Waals surface area contributed by atoms with Crippen molar-refractivity contribution in [2.24, 2.45) is 0 Å². The second-order valence-electron chi connectivity index (χ2n) is 4.88. The molecule has 5 nitrogen and oxygen atoms in total. The number of sulfonamides is 1. The van der Waals surface area contributed by atoms with Gasteiger partial charge in [-0.2, -0.15) is 0 Å². The van der Waals surface area contributed by atoms with Gasteiger partial charge in [0.2, 0.25) is 10.0 Å². The first-order valence-electron chi connectivity index (χ1n) is 7.00. The molecule has 0 aromatic carbocycles. The highest BCUT2D eigenvalue weighted by molar-refractivity contribution is 7.91. The molecule has 1 aliphatic rings. The van der Waals surface area contributed by atoms with E-state index >= 15 is 0 Å². The minimum Gasteiger partial charge on any atom is -0.382 e. The number of nitrogens with one attached hydrogen (secondary N) is 2. The molecule has 0 unspecified atom stereocenters. The van der Waals surface area contributed by atoms with E-state index < -0.39 is 10.0 Å². The molecule has 1 aromatic heterocycles. The van der Waals surface area contributed by atoms with Crippen molar-refractivity contribution in [2.75, 3.05) is 19.8 Å². The molecule has 0 spiro atoms. The Kier molecular flexibility index (Phi) is 5.98. The van der Waals surface area contributed by atoms with Gasteiger partial charge in [0, 0.05) is 32.3 Å². The van der Waals surface area contributed by atoms with Crippen LogP contribution in [-0.4, -0.2) is 34.2 Å². The summed E-state index contributed by atoms with van der Waals surface area (Å²) >= 11 is 1.28. The molecule has 1 aromatic rings. The zero-order chi connectivity index (χ0) is 14.4. The SMILES string of the molecule is CCOCCCNS(=O)(=O)c1cc(CNC2CC2)cs1. The molecular weight excluding hydrogens is 296 g/mol. The van der Waals surface area contributed by atoms with Crippen LogP contribution in [-0.2, 0) is 21.3 Å². The van der Waals surface area contributed by atoms with E-state index in [-0.39, 0.29) is 0 Å². The van der Waals surface area contributed by atoms with Crippen LogP contribution in [0, 0.1) is 0 Å². The Morgan fingerprint density at radius 1 is 1.45 bits per heavy atom. The monoisotopic (exact) mass is 318 g/mol. The van der Waals surface area contributed by atoms with Crippen molar-refractivity contribution >= 4 is 21.4 Å². The summed E-state index contributed by atoms with van der Waals surface area (Å²) in [4.78, 5) is 0. The van der Waals surface area contributed by atoms with Gasteiger partial charge in [-0.15, -0.1) is 11.3 Å². The lowest BCUT2D eigenvalue weighted by molar-refractivity contribution is 0.146. The summed E-state index contributed by atoms with van der Waals surface area (Å²) in [6.07, 6.45) is 3.15. The van der Waals surface area contributed by atoms with Gasteiger partial charge >= 0.3 is 0 Å². The molecule has 0 aliphatic heterocycles. The fraction of sp³-hybridized carbons (Fsp3) is 0.692. The Balaban J connectivity index is 1.78. The highest BCUT2D eigenvalue weighted by Gasteiger charge is 2.21. The topological polar surface area (TPSA) is 67.4 Å². The van der Waals surface area contributed by atoms with E-state index in [1.807, 2.05) is 12.3 Å². The third-order valence-corrected chi connectivity index (χ3v) is 5.98. The van der Waals surface area contributed by atoms with Crippen molar-refractivity contribution in [2.45, 2.75) is 43.0 Å². The molecule has 20 heavy (non-hydrogen) atoms. The van der Waals surface area contributed by atoms with Gasteiger partial charge in [0.1, 0.15) is 4.21 Å². The molecule has 1 fully saturated rings. The Morgan fingerprint density at radius 2 is 2.25 bits per heavy atom. The summed E-state index contributed by atoms with van der Waals surface area (Å²) in [7, 11) is -3.36. The van der Waals surface area contributed by atoms with Crippen molar-refractivity contribution in [3.63, 3.8) is 0 Å². The van der Waals surface area contributed by atoms with Gasteiger partial charge in [-0.25, -0.2) is 13.1 Å². The van der Waals surface area contributed by atoms with E-state index in [0.717, 1.165) is 12.1 Å². The van der Waals surface area contributed by atoms with Crippen LogP contribution in [0.1, 0.15) is 31.7 Å². The van der Waals surface area contributed by atoms with Gasteiger partial charge in [0.15, 0.2) is 0 Å². The largest absolute Gasteiger partial charge is 0.382 e. The molecule has 2 N–H and O–H groups in total. The van der Waals surface area contributed by atoms with Crippen molar-refractivity contribution in [3.8, 4) is 0 Å². The Morgan fingerprint density at radius 3 is 2.95 bits per heavy atom. The lowest BCUT2D eigenvalue weighted by Crippen LogP contribution is -2.25. The number of hydrogen-bond acceptors (Lipinski definition) is 5. The summed E-state index contributed by atoms with van der Waals surface area (Å²) in [6.45, 7) is 4.33. The second-order valence-corrected chi connectivity index (χ2v) is 7.78. The average Bonchev–Trinajstić information content (AvgIpc) is 3.12. The van der Waals surface area contributed by atoms with Crippen molar-refractivity contribution in [1.82, 2.24) is 10.0 Å².